The molecular weight excluding hydrogens is 112 g/mol. The average Bonchev–Trinajstić information content (AvgIpc) is 1.59. The van der Waals surface area contributed by atoms with E-state index in [0.29, 0.717) is 5.92 Å². The third-order valence-electron chi connectivity index (χ3n) is 1.68. The van der Waals surface area contributed by atoms with Crippen molar-refractivity contribution in [2.24, 2.45) is 5.92 Å². The van der Waals surface area contributed by atoms with Crippen molar-refractivity contribution >= 4 is 5.71 Å². The molecule has 1 saturated heterocycles. The molecule has 0 unspecified atom stereocenters. The highest BCUT2D eigenvalue weighted by Crippen LogP contribution is 2.10. The van der Waals surface area contributed by atoms with Crippen molar-refractivity contribution in [2.75, 3.05) is 20.1 Å². The van der Waals surface area contributed by atoms with Gasteiger partial charge in [0.05, 0.1) is 0 Å². The van der Waals surface area contributed by atoms with Gasteiger partial charge in [0.25, 0.3) is 0 Å². The van der Waals surface area contributed by atoms with Crippen LogP contribution in [0.25, 0.3) is 0 Å². The van der Waals surface area contributed by atoms with E-state index in [4.69, 9.17) is 5.41 Å². The summed E-state index contributed by atoms with van der Waals surface area (Å²) < 4.78 is 0. The van der Waals surface area contributed by atoms with Gasteiger partial charge in [-0.25, -0.2) is 0 Å². The Labute approximate surface area is 56.4 Å². The molecule has 1 aliphatic heterocycles. The summed E-state index contributed by atoms with van der Waals surface area (Å²) in [4.78, 5) is 2.20. The Morgan fingerprint density at radius 3 is 2.78 bits per heavy atom. The van der Waals surface area contributed by atoms with Crippen LogP contribution in [0.1, 0.15) is 13.3 Å². The number of nitrogens with zero attached hydrogens (tertiary/aromatic N) is 1. The molecule has 1 atom stereocenters. The lowest BCUT2D eigenvalue weighted by Gasteiger charge is -2.27. The third kappa shape index (κ3) is 1.79. The van der Waals surface area contributed by atoms with Gasteiger partial charge >= 0.3 is 0 Å². The molecule has 0 spiro atoms. The summed E-state index contributed by atoms with van der Waals surface area (Å²) in [5, 5.41) is 7.41. The fourth-order valence-electron chi connectivity index (χ4n) is 1.47. The summed E-state index contributed by atoms with van der Waals surface area (Å²) in [6.45, 7) is 4.23. The lowest BCUT2D eigenvalue weighted by atomic mass is 9.99. The minimum atomic E-state index is 0.691. The van der Waals surface area contributed by atoms with Gasteiger partial charge in [0.2, 0.25) is 0 Å². The van der Waals surface area contributed by atoms with E-state index >= 15 is 0 Å². The second-order valence-corrected chi connectivity index (χ2v) is 3.11. The Hall–Kier alpha value is -0.370. The standard InChI is InChI=1S/C7H14N2/c1-6-3-7(8)5-9(2)4-6/h6,8H,3-5H2,1-2H3/t6-/m1/s1. The van der Waals surface area contributed by atoms with Crippen LogP contribution in [-0.2, 0) is 0 Å². The minimum Gasteiger partial charge on any atom is -0.308 e. The summed E-state index contributed by atoms with van der Waals surface area (Å²) in [6.07, 6.45) is 1.00. The van der Waals surface area contributed by atoms with Crippen LogP contribution in [0, 0.1) is 11.3 Å². The van der Waals surface area contributed by atoms with Gasteiger partial charge in [0, 0.05) is 18.8 Å². The second kappa shape index (κ2) is 2.48. The van der Waals surface area contributed by atoms with Gasteiger partial charge in [-0.2, -0.15) is 0 Å². The number of hydrogen-bond donors (Lipinski definition) is 1. The zero-order valence-corrected chi connectivity index (χ0v) is 6.15. The molecule has 1 aliphatic rings. The largest absolute Gasteiger partial charge is 0.308 e. The molecule has 1 N–H and O–H groups in total. The Kier molecular flexibility index (Phi) is 1.86. The quantitative estimate of drug-likeness (QED) is 0.514. The molecule has 1 fully saturated rings. The lowest BCUT2D eigenvalue weighted by molar-refractivity contribution is 0.297. The maximum atomic E-state index is 7.41. The molecule has 0 aromatic rings. The minimum absolute atomic E-state index is 0.691. The molecule has 1 rings (SSSR count). The topological polar surface area (TPSA) is 27.1 Å². The normalized spacial score (nSPS) is 30.9. The molecule has 52 valence electrons. The lowest BCUT2D eigenvalue weighted by Crippen LogP contribution is -2.36. The third-order valence-corrected chi connectivity index (χ3v) is 1.68. The predicted octanol–water partition coefficient (Wildman–Crippen LogP) is 0.978. The van der Waals surface area contributed by atoms with Gasteiger partial charge in [-0.3, -0.25) is 0 Å². The highest BCUT2D eigenvalue weighted by atomic mass is 15.1. The van der Waals surface area contributed by atoms with Gasteiger partial charge in [0.15, 0.2) is 0 Å². The Morgan fingerprint density at radius 1 is 1.67 bits per heavy atom. The van der Waals surface area contributed by atoms with Crippen molar-refractivity contribution in [3.63, 3.8) is 0 Å². The first-order chi connectivity index (χ1) is 4.18. The fraction of sp³-hybridized carbons (Fsp3) is 0.857. The van der Waals surface area contributed by atoms with Crippen molar-refractivity contribution in [1.29, 1.82) is 5.41 Å². The van der Waals surface area contributed by atoms with Crippen LogP contribution in [0.2, 0.25) is 0 Å². The zero-order valence-electron chi connectivity index (χ0n) is 6.15. The number of likely N-dealkylation sites (tertiary alicyclic amines) is 1. The van der Waals surface area contributed by atoms with Crippen molar-refractivity contribution < 1.29 is 0 Å². The molecule has 1 heterocycles. The van der Waals surface area contributed by atoms with Crippen LogP contribution < -0.4 is 0 Å². The van der Waals surface area contributed by atoms with E-state index in [9.17, 15) is 0 Å². The SMILES string of the molecule is C[C@@H]1CC(=N)CN(C)C1. The summed E-state index contributed by atoms with van der Waals surface area (Å²) in [5.74, 6) is 0.691. The maximum absolute atomic E-state index is 7.41. The van der Waals surface area contributed by atoms with Crippen molar-refractivity contribution in [1.82, 2.24) is 4.90 Å². The summed E-state index contributed by atoms with van der Waals surface area (Å²) in [7, 11) is 2.07. The summed E-state index contributed by atoms with van der Waals surface area (Å²) in [6, 6.07) is 0. The molecule has 0 bridgehead atoms. The van der Waals surface area contributed by atoms with Gasteiger partial charge in [-0.15, -0.1) is 0 Å². The number of piperidine rings is 1. The molecule has 9 heavy (non-hydrogen) atoms. The van der Waals surface area contributed by atoms with Crippen LogP contribution in [0.4, 0.5) is 0 Å². The highest BCUT2D eigenvalue weighted by Gasteiger charge is 2.15. The smallest absolute Gasteiger partial charge is 0.0357 e. The first-order valence-electron chi connectivity index (χ1n) is 3.43. The van der Waals surface area contributed by atoms with Crippen molar-refractivity contribution in [3.8, 4) is 0 Å². The van der Waals surface area contributed by atoms with Crippen LogP contribution >= 0.6 is 0 Å². The first kappa shape index (κ1) is 6.75. The van der Waals surface area contributed by atoms with E-state index in [1.54, 1.807) is 0 Å². The molecule has 0 aromatic heterocycles. The predicted molar refractivity (Wildman–Crippen MR) is 39.0 cm³/mol. The van der Waals surface area contributed by atoms with E-state index in [0.717, 1.165) is 25.2 Å². The Morgan fingerprint density at radius 2 is 2.33 bits per heavy atom. The van der Waals surface area contributed by atoms with Crippen LogP contribution in [0.3, 0.4) is 0 Å². The van der Waals surface area contributed by atoms with Gasteiger partial charge in [-0.05, 0) is 19.4 Å². The maximum Gasteiger partial charge on any atom is 0.0357 e. The van der Waals surface area contributed by atoms with E-state index < -0.39 is 0 Å². The van der Waals surface area contributed by atoms with Crippen LogP contribution in [0.5, 0.6) is 0 Å². The van der Waals surface area contributed by atoms with Crippen molar-refractivity contribution in [2.45, 2.75) is 13.3 Å². The zero-order chi connectivity index (χ0) is 6.85. The van der Waals surface area contributed by atoms with Crippen LogP contribution in [0.15, 0.2) is 0 Å². The van der Waals surface area contributed by atoms with E-state index in [1.165, 1.54) is 0 Å². The van der Waals surface area contributed by atoms with Gasteiger partial charge in [0.1, 0.15) is 0 Å². The molecule has 0 amide bonds. The number of nitrogens with one attached hydrogen (secondary N) is 1. The Balaban J connectivity index is 2.43. The van der Waals surface area contributed by atoms with E-state index in [2.05, 4.69) is 18.9 Å². The average molecular weight is 126 g/mol. The molecule has 0 aliphatic carbocycles. The fourth-order valence-corrected chi connectivity index (χ4v) is 1.47. The van der Waals surface area contributed by atoms with E-state index in [1.807, 2.05) is 0 Å². The highest BCUT2D eigenvalue weighted by molar-refractivity contribution is 5.84. The van der Waals surface area contributed by atoms with Gasteiger partial charge in [-0.1, -0.05) is 6.92 Å². The van der Waals surface area contributed by atoms with E-state index in [-0.39, 0.29) is 0 Å². The summed E-state index contributed by atoms with van der Waals surface area (Å²) >= 11 is 0. The molecule has 0 aromatic carbocycles. The van der Waals surface area contributed by atoms with Gasteiger partial charge < -0.3 is 10.3 Å². The molecule has 0 saturated carbocycles. The molecule has 2 heteroatoms. The molecule has 2 nitrogen and oxygen atoms in total. The van der Waals surface area contributed by atoms with Crippen molar-refractivity contribution in [3.05, 3.63) is 0 Å². The first-order valence-corrected chi connectivity index (χ1v) is 3.43. The Bertz CT molecular complexity index is 108. The number of rotatable bonds is 0. The molecular formula is C7H14N2. The monoisotopic (exact) mass is 126 g/mol. The molecule has 0 radical (unpaired) electrons. The second-order valence-electron chi connectivity index (χ2n) is 3.11. The number of hydrogen-bond acceptors (Lipinski definition) is 2. The van der Waals surface area contributed by atoms with Crippen LogP contribution in [-0.4, -0.2) is 30.7 Å². The summed E-state index contributed by atoms with van der Waals surface area (Å²) in [5.41, 5.74) is 0.885.